The molecule has 6 heteroatoms. The summed E-state index contributed by atoms with van der Waals surface area (Å²) in [6, 6.07) is 13.9. The number of nitrogens with zero attached hydrogens (tertiary/aromatic N) is 1. The first-order valence-electron chi connectivity index (χ1n) is 7.90. The number of nitrogens with one attached hydrogen (secondary N) is 2. The van der Waals surface area contributed by atoms with Crippen LogP contribution in [0.1, 0.15) is 15.3 Å². The zero-order chi connectivity index (χ0) is 17.4. The van der Waals surface area contributed by atoms with E-state index in [0.29, 0.717) is 6.54 Å². The molecule has 1 heterocycles. The molecule has 0 aliphatic heterocycles. The highest BCUT2D eigenvalue weighted by atomic mass is 32.1. The van der Waals surface area contributed by atoms with Crippen molar-refractivity contribution in [2.45, 2.75) is 19.9 Å². The van der Waals surface area contributed by atoms with Gasteiger partial charge in [0.1, 0.15) is 0 Å². The lowest BCUT2D eigenvalue weighted by Crippen LogP contribution is -2.43. The molecule has 0 unspecified atom stereocenters. The van der Waals surface area contributed by atoms with Crippen LogP contribution in [0.15, 0.2) is 42.5 Å². The summed E-state index contributed by atoms with van der Waals surface area (Å²) in [7, 11) is 1.49. The minimum atomic E-state index is -0.477. The second kappa shape index (κ2) is 9.20. The lowest BCUT2D eigenvalue weighted by molar-refractivity contribution is -0.121. The van der Waals surface area contributed by atoms with Gasteiger partial charge in [0, 0.05) is 29.9 Å². The van der Waals surface area contributed by atoms with Crippen LogP contribution in [0, 0.1) is 6.92 Å². The zero-order valence-corrected chi connectivity index (χ0v) is 14.9. The van der Waals surface area contributed by atoms with Gasteiger partial charge in [0.25, 0.3) is 0 Å². The average Bonchev–Trinajstić information content (AvgIpc) is 2.98. The van der Waals surface area contributed by atoms with Crippen LogP contribution in [0.2, 0.25) is 0 Å². The van der Waals surface area contributed by atoms with E-state index in [-0.39, 0.29) is 12.5 Å². The maximum absolute atomic E-state index is 12.0. The third-order valence-electron chi connectivity index (χ3n) is 3.58. The van der Waals surface area contributed by atoms with E-state index in [9.17, 15) is 9.59 Å². The Labute approximate surface area is 146 Å². The maximum atomic E-state index is 12.0. The van der Waals surface area contributed by atoms with Crippen LogP contribution in [-0.4, -0.2) is 37.0 Å². The van der Waals surface area contributed by atoms with Crippen LogP contribution < -0.4 is 10.6 Å². The van der Waals surface area contributed by atoms with Crippen molar-refractivity contribution in [3.05, 3.63) is 57.8 Å². The van der Waals surface area contributed by atoms with Gasteiger partial charge in [-0.25, -0.2) is 4.79 Å². The average molecular weight is 345 g/mol. The number of amides is 3. The highest BCUT2D eigenvalue weighted by Crippen LogP contribution is 2.17. The molecule has 128 valence electrons. The van der Waals surface area contributed by atoms with Gasteiger partial charge in [-0.1, -0.05) is 30.3 Å². The number of urea groups is 1. The molecule has 0 bridgehead atoms. The number of carbonyl (C=O) groups excluding carboxylic acids is 2. The molecule has 0 aliphatic carbocycles. The van der Waals surface area contributed by atoms with E-state index in [4.69, 9.17) is 0 Å². The molecule has 0 saturated heterocycles. The maximum Gasteiger partial charge on any atom is 0.321 e. The number of hydrogen-bond donors (Lipinski definition) is 2. The standard InChI is InChI=1S/C18H23N3O2S/c1-14-8-9-16(24-14)12-21(13-17(22)20-18(23)19-2)11-10-15-6-4-3-5-7-15/h3-9H,10-13H2,1-2H3,(H2,19,20,22,23). The number of hydrogen-bond acceptors (Lipinski definition) is 4. The van der Waals surface area contributed by atoms with Crippen LogP contribution in [0.4, 0.5) is 4.79 Å². The Bertz CT molecular complexity index is 670. The molecule has 2 aromatic rings. The molecule has 1 aromatic carbocycles. The van der Waals surface area contributed by atoms with Gasteiger partial charge >= 0.3 is 6.03 Å². The predicted molar refractivity (Wildman–Crippen MR) is 97.1 cm³/mol. The molecule has 0 saturated carbocycles. The van der Waals surface area contributed by atoms with Crippen molar-refractivity contribution in [2.75, 3.05) is 20.1 Å². The zero-order valence-electron chi connectivity index (χ0n) is 14.0. The Morgan fingerprint density at radius 2 is 1.88 bits per heavy atom. The fourth-order valence-corrected chi connectivity index (χ4v) is 3.30. The molecule has 2 N–H and O–H groups in total. The van der Waals surface area contributed by atoms with E-state index in [2.05, 4.69) is 46.7 Å². The third kappa shape index (κ3) is 6.14. The minimum absolute atomic E-state index is 0.192. The summed E-state index contributed by atoms with van der Waals surface area (Å²) in [6.45, 7) is 3.71. The van der Waals surface area contributed by atoms with Gasteiger partial charge in [-0.3, -0.25) is 15.0 Å². The summed E-state index contributed by atoms with van der Waals surface area (Å²) >= 11 is 1.73. The molecule has 24 heavy (non-hydrogen) atoms. The number of carbonyl (C=O) groups is 2. The van der Waals surface area contributed by atoms with Gasteiger partial charge in [-0.05, 0) is 31.0 Å². The van der Waals surface area contributed by atoms with Gasteiger partial charge < -0.3 is 5.32 Å². The van der Waals surface area contributed by atoms with Crippen molar-refractivity contribution in [3.63, 3.8) is 0 Å². The van der Waals surface area contributed by atoms with Crippen LogP contribution in [0.5, 0.6) is 0 Å². The van der Waals surface area contributed by atoms with E-state index in [0.717, 1.165) is 13.0 Å². The molecule has 0 atom stereocenters. The Balaban J connectivity index is 1.97. The first kappa shape index (κ1) is 18.2. The van der Waals surface area contributed by atoms with E-state index >= 15 is 0 Å². The van der Waals surface area contributed by atoms with Crippen LogP contribution in [0.3, 0.4) is 0 Å². The molecule has 3 amide bonds. The lowest BCUT2D eigenvalue weighted by atomic mass is 10.1. The van der Waals surface area contributed by atoms with Gasteiger partial charge in [0.05, 0.1) is 6.54 Å². The van der Waals surface area contributed by atoms with Crippen LogP contribution in [0.25, 0.3) is 0 Å². The molecule has 1 aromatic heterocycles. The van der Waals surface area contributed by atoms with Crippen molar-refractivity contribution in [3.8, 4) is 0 Å². The van der Waals surface area contributed by atoms with Gasteiger partial charge in [0.2, 0.25) is 5.91 Å². The molecule has 5 nitrogen and oxygen atoms in total. The van der Waals surface area contributed by atoms with E-state index in [1.54, 1.807) is 11.3 Å². The van der Waals surface area contributed by atoms with E-state index in [1.807, 2.05) is 18.2 Å². The van der Waals surface area contributed by atoms with Gasteiger partial charge in [0.15, 0.2) is 0 Å². The van der Waals surface area contributed by atoms with Crippen molar-refractivity contribution < 1.29 is 9.59 Å². The highest BCUT2D eigenvalue weighted by molar-refractivity contribution is 7.11. The molecule has 0 spiro atoms. The Kier molecular flexibility index (Phi) is 6.96. The van der Waals surface area contributed by atoms with Crippen molar-refractivity contribution in [1.29, 1.82) is 0 Å². The topological polar surface area (TPSA) is 61.4 Å². The van der Waals surface area contributed by atoms with E-state index in [1.165, 1.54) is 22.4 Å². The summed E-state index contributed by atoms with van der Waals surface area (Å²) < 4.78 is 0. The van der Waals surface area contributed by atoms with Gasteiger partial charge in [-0.15, -0.1) is 11.3 Å². The Morgan fingerprint density at radius 1 is 1.12 bits per heavy atom. The summed E-state index contributed by atoms with van der Waals surface area (Å²) in [4.78, 5) is 27.8. The number of thiophene rings is 1. The second-order valence-corrected chi connectivity index (χ2v) is 6.96. The smallest absolute Gasteiger partial charge is 0.321 e. The fraction of sp³-hybridized carbons (Fsp3) is 0.333. The Hall–Kier alpha value is -2.18. The summed E-state index contributed by atoms with van der Waals surface area (Å²) in [5, 5.41) is 4.71. The first-order chi connectivity index (χ1) is 11.6. The fourth-order valence-electron chi connectivity index (χ4n) is 2.37. The SMILES string of the molecule is CNC(=O)NC(=O)CN(CCc1ccccc1)Cc1ccc(C)s1. The minimum Gasteiger partial charge on any atom is -0.341 e. The summed E-state index contributed by atoms with van der Waals surface area (Å²) in [5.74, 6) is -0.296. The molecule has 2 rings (SSSR count). The van der Waals surface area contributed by atoms with Crippen molar-refractivity contribution >= 4 is 23.3 Å². The third-order valence-corrected chi connectivity index (χ3v) is 4.57. The van der Waals surface area contributed by atoms with Gasteiger partial charge in [-0.2, -0.15) is 0 Å². The Morgan fingerprint density at radius 3 is 2.50 bits per heavy atom. The monoisotopic (exact) mass is 345 g/mol. The van der Waals surface area contributed by atoms with Crippen molar-refractivity contribution in [1.82, 2.24) is 15.5 Å². The quantitative estimate of drug-likeness (QED) is 0.811. The first-order valence-corrected chi connectivity index (χ1v) is 8.71. The molecule has 0 radical (unpaired) electrons. The van der Waals surface area contributed by atoms with E-state index < -0.39 is 6.03 Å². The normalized spacial score (nSPS) is 10.6. The molecule has 0 fully saturated rings. The summed E-state index contributed by atoms with van der Waals surface area (Å²) in [6.07, 6.45) is 0.860. The number of imide groups is 1. The summed E-state index contributed by atoms with van der Waals surface area (Å²) in [5.41, 5.74) is 1.23. The highest BCUT2D eigenvalue weighted by Gasteiger charge is 2.14. The predicted octanol–water partition coefficient (Wildman–Crippen LogP) is 2.56. The molecule has 0 aliphatic rings. The number of rotatable bonds is 7. The van der Waals surface area contributed by atoms with Crippen LogP contribution in [-0.2, 0) is 17.8 Å². The number of benzene rings is 1. The lowest BCUT2D eigenvalue weighted by Gasteiger charge is -2.21. The largest absolute Gasteiger partial charge is 0.341 e. The van der Waals surface area contributed by atoms with Crippen molar-refractivity contribution in [2.24, 2.45) is 0 Å². The number of aryl methyl sites for hydroxylation is 1. The second-order valence-electron chi connectivity index (χ2n) is 5.59. The molecular weight excluding hydrogens is 322 g/mol. The van der Waals surface area contributed by atoms with Crippen LogP contribution >= 0.6 is 11.3 Å². The molecular formula is C18H23N3O2S.